The number of ether oxygens (including phenoxy) is 1. The molecule has 1 heterocycles. The number of hydrogen-bond donors (Lipinski definition) is 2. The number of amidine groups is 1. The Morgan fingerprint density at radius 2 is 2.26 bits per heavy atom. The molecule has 1 aromatic heterocycles. The fourth-order valence-corrected chi connectivity index (χ4v) is 1.60. The average Bonchev–Trinajstić information content (AvgIpc) is 2.40. The van der Waals surface area contributed by atoms with Crippen molar-refractivity contribution >= 4 is 17.4 Å². The van der Waals surface area contributed by atoms with E-state index in [0.717, 1.165) is 0 Å². The molecule has 1 aromatic carbocycles. The Balaban J connectivity index is 2.40. The Labute approximate surface area is 114 Å². The molecule has 0 aliphatic carbocycles. The van der Waals surface area contributed by atoms with E-state index in [4.69, 9.17) is 27.3 Å². The van der Waals surface area contributed by atoms with Gasteiger partial charge in [0, 0.05) is 5.02 Å². The summed E-state index contributed by atoms with van der Waals surface area (Å²) in [4.78, 5) is 8.09. The lowest BCUT2D eigenvalue weighted by Crippen LogP contribution is -2.17. The first-order chi connectivity index (χ1) is 9.10. The van der Waals surface area contributed by atoms with E-state index in [9.17, 15) is 0 Å². The monoisotopic (exact) mass is 278 g/mol. The van der Waals surface area contributed by atoms with E-state index in [1.165, 1.54) is 6.20 Å². The van der Waals surface area contributed by atoms with Crippen molar-refractivity contribution in [1.82, 2.24) is 9.97 Å². The molecule has 2 aromatic rings. The third-order valence-electron chi connectivity index (χ3n) is 2.25. The molecule has 0 aliphatic heterocycles. The quantitative estimate of drug-likeness (QED) is 0.389. The number of halogens is 1. The van der Waals surface area contributed by atoms with Crippen molar-refractivity contribution in [3.63, 3.8) is 0 Å². The molecule has 0 saturated carbocycles. The summed E-state index contributed by atoms with van der Waals surface area (Å²) in [7, 11) is 0. The van der Waals surface area contributed by atoms with Crippen LogP contribution in [0, 0.1) is 6.92 Å². The average molecular weight is 279 g/mol. The molecule has 0 aliphatic rings. The molecular formula is C12H11ClN4O2. The zero-order valence-corrected chi connectivity index (χ0v) is 10.8. The van der Waals surface area contributed by atoms with E-state index in [0.29, 0.717) is 16.6 Å². The molecule has 0 radical (unpaired) electrons. The van der Waals surface area contributed by atoms with Gasteiger partial charge in [-0.15, -0.1) is 0 Å². The molecule has 98 valence electrons. The number of rotatable bonds is 3. The van der Waals surface area contributed by atoms with Gasteiger partial charge in [-0.3, -0.25) is 0 Å². The van der Waals surface area contributed by atoms with E-state index in [1.54, 1.807) is 31.2 Å². The van der Waals surface area contributed by atoms with Gasteiger partial charge >= 0.3 is 0 Å². The van der Waals surface area contributed by atoms with Crippen LogP contribution in [0.25, 0.3) is 0 Å². The van der Waals surface area contributed by atoms with Gasteiger partial charge < -0.3 is 15.7 Å². The molecule has 0 atom stereocenters. The number of oxime groups is 1. The van der Waals surface area contributed by atoms with Gasteiger partial charge in [-0.1, -0.05) is 22.8 Å². The van der Waals surface area contributed by atoms with E-state index in [-0.39, 0.29) is 17.3 Å². The molecule has 7 heteroatoms. The van der Waals surface area contributed by atoms with Gasteiger partial charge in [0.1, 0.15) is 11.6 Å². The maximum atomic E-state index is 8.74. The van der Waals surface area contributed by atoms with Crippen LogP contribution in [0.3, 0.4) is 0 Å². The Bertz CT molecular complexity index is 631. The largest absolute Gasteiger partial charge is 0.453 e. The van der Waals surface area contributed by atoms with Crippen LogP contribution in [-0.2, 0) is 0 Å². The second-order valence-electron chi connectivity index (χ2n) is 3.67. The van der Waals surface area contributed by atoms with E-state index in [1.807, 2.05) is 0 Å². The summed E-state index contributed by atoms with van der Waals surface area (Å²) >= 11 is 5.87. The van der Waals surface area contributed by atoms with Crippen molar-refractivity contribution in [2.24, 2.45) is 10.9 Å². The molecule has 0 saturated heterocycles. The number of nitrogens with two attached hydrogens (primary N) is 1. The highest BCUT2D eigenvalue weighted by Crippen LogP contribution is 2.25. The molecule has 3 N–H and O–H groups in total. The molecule has 19 heavy (non-hydrogen) atoms. The topological polar surface area (TPSA) is 93.6 Å². The molecular weight excluding hydrogens is 268 g/mol. The third kappa shape index (κ3) is 3.11. The Morgan fingerprint density at radius 1 is 1.47 bits per heavy atom. The summed E-state index contributed by atoms with van der Waals surface area (Å²) in [5.41, 5.74) is 5.77. The summed E-state index contributed by atoms with van der Waals surface area (Å²) < 4.78 is 5.59. The third-order valence-corrected chi connectivity index (χ3v) is 2.48. The summed E-state index contributed by atoms with van der Waals surface area (Å²) in [6.07, 6.45) is 1.45. The molecule has 0 fully saturated rings. The highest BCUT2D eigenvalue weighted by Gasteiger charge is 2.12. The number of aryl methyl sites for hydroxylation is 1. The Morgan fingerprint density at radius 3 is 2.95 bits per heavy atom. The highest BCUT2D eigenvalue weighted by molar-refractivity contribution is 6.30. The summed E-state index contributed by atoms with van der Waals surface area (Å²) in [6, 6.07) is 6.83. The molecule has 0 bridgehead atoms. The van der Waals surface area contributed by atoms with Crippen molar-refractivity contribution < 1.29 is 9.94 Å². The van der Waals surface area contributed by atoms with Crippen LogP contribution in [0.2, 0.25) is 5.02 Å². The van der Waals surface area contributed by atoms with Gasteiger partial charge in [0.25, 0.3) is 0 Å². The van der Waals surface area contributed by atoms with Crippen molar-refractivity contribution in [1.29, 1.82) is 0 Å². The fourth-order valence-electron chi connectivity index (χ4n) is 1.42. The highest BCUT2D eigenvalue weighted by atomic mass is 35.5. The van der Waals surface area contributed by atoms with Gasteiger partial charge in [0.15, 0.2) is 17.3 Å². The van der Waals surface area contributed by atoms with Gasteiger partial charge in [-0.2, -0.15) is 0 Å². The lowest BCUT2D eigenvalue weighted by molar-refractivity contribution is 0.318. The molecule has 0 unspecified atom stereocenters. The SMILES string of the molecule is Cc1ncc(Oc2cccc(Cl)c2)c(C(N)=NO)n1. The molecule has 0 spiro atoms. The molecule has 2 rings (SSSR count). The van der Waals surface area contributed by atoms with E-state index >= 15 is 0 Å². The first-order valence-electron chi connectivity index (χ1n) is 5.35. The standard InChI is InChI=1S/C12H11ClN4O2/c1-7-15-6-10(11(16-7)12(14)17-18)19-9-4-2-3-8(13)5-9/h2-6,18H,1H3,(H2,14,17). The van der Waals surface area contributed by atoms with Crippen molar-refractivity contribution in [3.8, 4) is 11.5 Å². The molecule has 0 amide bonds. The number of aromatic nitrogens is 2. The lowest BCUT2D eigenvalue weighted by atomic mass is 10.3. The van der Waals surface area contributed by atoms with Crippen LogP contribution < -0.4 is 10.5 Å². The Hall–Kier alpha value is -2.34. The Kier molecular flexibility index (Phi) is 3.82. The maximum Gasteiger partial charge on any atom is 0.192 e. The minimum Gasteiger partial charge on any atom is -0.453 e. The van der Waals surface area contributed by atoms with Crippen LogP contribution in [-0.4, -0.2) is 21.0 Å². The summed E-state index contributed by atoms with van der Waals surface area (Å²) in [6.45, 7) is 1.69. The van der Waals surface area contributed by atoms with E-state index < -0.39 is 0 Å². The fraction of sp³-hybridized carbons (Fsp3) is 0.0833. The van der Waals surface area contributed by atoms with Crippen LogP contribution in [0.15, 0.2) is 35.6 Å². The van der Waals surface area contributed by atoms with Crippen LogP contribution in [0.5, 0.6) is 11.5 Å². The minimum absolute atomic E-state index is 0.150. The second-order valence-corrected chi connectivity index (χ2v) is 4.11. The lowest BCUT2D eigenvalue weighted by Gasteiger charge is -2.09. The first-order valence-corrected chi connectivity index (χ1v) is 5.73. The maximum absolute atomic E-state index is 8.74. The van der Waals surface area contributed by atoms with Crippen molar-refractivity contribution in [3.05, 3.63) is 47.0 Å². The van der Waals surface area contributed by atoms with Crippen molar-refractivity contribution in [2.75, 3.05) is 0 Å². The summed E-state index contributed by atoms with van der Waals surface area (Å²) in [5, 5.41) is 12.2. The van der Waals surface area contributed by atoms with Crippen molar-refractivity contribution in [2.45, 2.75) is 6.92 Å². The first kappa shape index (κ1) is 13.1. The predicted octanol–water partition coefficient (Wildman–Crippen LogP) is 2.33. The number of benzene rings is 1. The predicted molar refractivity (Wildman–Crippen MR) is 70.8 cm³/mol. The minimum atomic E-state index is -0.150. The molecule has 6 nitrogen and oxygen atoms in total. The second kappa shape index (κ2) is 5.53. The van der Waals surface area contributed by atoms with Gasteiger partial charge in [-0.25, -0.2) is 9.97 Å². The summed E-state index contributed by atoms with van der Waals surface area (Å²) in [5.74, 6) is 1.12. The zero-order valence-electron chi connectivity index (χ0n) is 10.0. The smallest absolute Gasteiger partial charge is 0.192 e. The van der Waals surface area contributed by atoms with Gasteiger partial charge in [-0.05, 0) is 25.1 Å². The number of nitrogens with zero attached hydrogens (tertiary/aromatic N) is 3. The number of hydrogen-bond acceptors (Lipinski definition) is 5. The van der Waals surface area contributed by atoms with Gasteiger partial charge in [0.2, 0.25) is 0 Å². The van der Waals surface area contributed by atoms with E-state index in [2.05, 4.69) is 15.1 Å². The normalized spacial score (nSPS) is 11.4. The van der Waals surface area contributed by atoms with Gasteiger partial charge in [0.05, 0.1) is 6.20 Å². The van der Waals surface area contributed by atoms with Crippen LogP contribution in [0.4, 0.5) is 0 Å². The zero-order chi connectivity index (χ0) is 13.8. The van der Waals surface area contributed by atoms with Crippen LogP contribution in [0.1, 0.15) is 11.5 Å². The van der Waals surface area contributed by atoms with Crippen LogP contribution >= 0.6 is 11.6 Å².